The van der Waals surface area contributed by atoms with Gasteiger partial charge in [-0.3, -0.25) is 14.9 Å². The van der Waals surface area contributed by atoms with E-state index >= 15 is 0 Å². The van der Waals surface area contributed by atoms with Crippen LogP contribution in [0.3, 0.4) is 0 Å². The van der Waals surface area contributed by atoms with Crippen molar-refractivity contribution in [1.82, 2.24) is 10.6 Å². The molecule has 1 unspecified atom stereocenters. The fourth-order valence-corrected chi connectivity index (χ4v) is 5.09. The molecule has 2 amide bonds. The lowest BCUT2D eigenvalue weighted by Gasteiger charge is -2.39. The van der Waals surface area contributed by atoms with Crippen LogP contribution in [0.25, 0.3) is 0 Å². The van der Waals surface area contributed by atoms with E-state index in [0.717, 1.165) is 44.8 Å². The van der Waals surface area contributed by atoms with Crippen LogP contribution < -0.4 is 20.9 Å². The van der Waals surface area contributed by atoms with E-state index in [4.69, 9.17) is 0 Å². The van der Waals surface area contributed by atoms with Gasteiger partial charge in [0.25, 0.3) is 0 Å². The minimum atomic E-state index is -4.50. The van der Waals surface area contributed by atoms with Crippen molar-refractivity contribution in [1.29, 1.82) is 0 Å². The van der Waals surface area contributed by atoms with Crippen molar-refractivity contribution in [3.63, 3.8) is 0 Å². The standard InChI is InChI=1S/C22H29F3N4O2.ClH/c23-22(24,25)17-13-16(27-18-2-4-20(30)28-21(18)31)1-3-19(17)29-11-7-15(8-12-29)14-5-9-26-10-6-14;/h1,3,13-15,18,26-27H,2,4-12H2,(H,28,30,31);1H. The van der Waals surface area contributed by atoms with E-state index in [0.29, 0.717) is 24.9 Å². The summed E-state index contributed by atoms with van der Waals surface area (Å²) in [6.45, 7) is 3.31. The molecule has 3 N–H and O–H groups in total. The molecule has 178 valence electrons. The number of nitrogens with zero attached hydrogens (tertiary/aromatic N) is 1. The molecule has 3 aliphatic rings. The first-order chi connectivity index (χ1) is 14.8. The Morgan fingerprint density at radius 1 is 0.969 bits per heavy atom. The van der Waals surface area contributed by atoms with Crippen LogP contribution in [0.5, 0.6) is 0 Å². The molecular formula is C22H30ClF3N4O2. The molecule has 4 rings (SSSR count). The minimum Gasteiger partial charge on any atom is -0.374 e. The number of rotatable bonds is 4. The van der Waals surface area contributed by atoms with Gasteiger partial charge < -0.3 is 15.5 Å². The summed E-state index contributed by atoms with van der Waals surface area (Å²) < 4.78 is 41.6. The second-order valence-electron chi connectivity index (χ2n) is 8.79. The molecule has 3 aliphatic heterocycles. The number of alkyl halides is 3. The summed E-state index contributed by atoms with van der Waals surface area (Å²) in [6, 6.07) is 3.46. The SMILES string of the molecule is Cl.O=C1CCC(Nc2ccc(N3CCC(C4CCNCC4)CC3)c(C(F)(F)F)c2)C(=O)N1. The van der Waals surface area contributed by atoms with Crippen LogP contribution in [-0.4, -0.2) is 44.0 Å². The zero-order valence-corrected chi connectivity index (χ0v) is 18.7. The number of piperidine rings is 3. The Bertz CT molecular complexity index is 822. The fourth-order valence-electron chi connectivity index (χ4n) is 5.09. The van der Waals surface area contributed by atoms with Crippen LogP contribution in [-0.2, 0) is 15.8 Å². The molecular weight excluding hydrogens is 445 g/mol. The number of carbonyl (C=O) groups is 2. The van der Waals surface area contributed by atoms with Gasteiger partial charge in [0.2, 0.25) is 11.8 Å². The second-order valence-corrected chi connectivity index (χ2v) is 8.79. The van der Waals surface area contributed by atoms with Gasteiger partial charge in [-0.1, -0.05) is 0 Å². The molecule has 0 bridgehead atoms. The van der Waals surface area contributed by atoms with Gasteiger partial charge in [0.1, 0.15) is 6.04 Å². The third-order valence-electron chi connectivity index (χ3n) is 6.81. The van der Waals surface area contributed by atoms with E-state index in [-0.39, 0.29) is 42.5 Å². The van der Waals surface area contributed by atoms with Crippen molar-refractivity contribution < 1.29 is 22.8 Å². The number of hydrogen-bond acceptors (Lipinski definition) is 5. The van der Waals surface area contributed by atoms with Crippen LogP contribution in [0.1, 0.15) is 44.1 Å². The van der Waals surface area contributed by atoms with Crippen LogP contribution in [0.15, 0.2) is 18.2 Å². The molecule has 0 saturated carbocycles. The highest BCUT2D eigenvalue weighted by atomic mass is 35.5. The maximum absolute atomic E-state index is 13.9. The smallest absolute Gasteiger partial charge is 0.374 e. The van der Waals surface area contributed by atoms with E-state index in [9.17, 15) is 22.8 Å². The number of nitrogens with one attached hydrogen (secondary N) is 3. The lowest BCUT2D eigenvalue weighted by atomic mass is 9.79. The average molecular weight is 475 g/mol. The van der Waals surface area contributed by atoms with Crippen molar-refractivity contribution in [3.8, 4) is 0 Å². The summed E-state index contributed by atoms with van der Waals surface area (Å²) in [5.74, 6) is 0.392. The molecule has 0 aromatic heterocycles. The first kappa shape index (κ1) is 24.6. The van der Waals surface area contributed by atoms with Gasteiger partial charge in [-0.2, -0.15) is 13.2 Å². The van der Waals surface area contributed by atoms with E-state index in [1.807, 2.05) is 4.90 Å². The molecule has 3 saturated heterocycles. The molecule has 10 heteroatoms. The highest BCUT2D eigenvalue weighted by Crippen LogP contribution is 2.40. The van der Waals surface area contributed by atoms with Gasteiger partial charge in [0.05, 0.1) is 5.56 Å². The Labute approximate surface area is 192 Å². The summed E-state index contributed by atoms with van der Waals surface area (Å²) in [6.07, 6.45) is 0.0656. The molecule has 1 aromatic rings. The summed E-state index contributed by atoms with van der Waals surface area (Å²) >= 11 is 0. The number of hydrogen-bond donors (Lipinski definition) is 3. The second kappa shape index (κ2) is 10.3. The number of carbonyl (C=O) groups excluding carboxylic acids is 2. The zero-order valence-electron chi connectivity index (χ0n) is 17.8. The van der Waals surface area contributed by atoms with Crippen LogP contribution in [0.4, 0.5) is 24.5 Å². The monoisotopic (exact) mass is 474 g/mol. The third kappa shape index (κ3) is 5.67. The molecule has 32 heavy (non-hydrogen) atoms. The lowest BCUT2D eigenvalue weighted by molar-refractivity contribution is -0.137. The molecule has 0 radical (unpaired) electrons. The van der Waals surface area contributed by atoms with E-state index < -0.39 is 23.7 Å². The lowest BCUT2D eigenvalue weighted by Crippen LogP contribution is -2.47. The largest absolute Gasteiger partial charge is 0.418 e. The quantitative estimate of drug-likeness (QED) is 0.582. The zero-order chi connectivity index (χ0) is 22.0. The highest BCUT2D eigenvalue weighted by molar-refractivity contribution is 6.01. The Kier molecular flexibility index (Phi) is 7.92. The minimum absolute atomic E-state index is 0. The first-order valence-electron chi connectivity index (χ1n) is 11.1. The molecule has 0 spiro atoms. The maximum atomic E-state index is 13.9. The number of amides is 2. The molecule has 3 heterocycles. The van der Waals surface area contributed by atoms with Gasteiger partial charge in [-0.25, -0.2) is 0 Å². The van der Waals surface area contributed by atoms with Crippen molar-refractivity contribution in [2.24, 2.45) is 11.8 Å². The summed E-state index contributed by atoms with van der Waals surface area (Å²) in [4.78, 5) is 25.1. The fraction of sp³-hybridized carbons (Fsp3) is 0.636. The van der Waals surface area contributed by atoms with Gasteiger partial charge >= 0.3 is 6.18 Å². The average Bonchev–Trinajstić information content (AvgIpc) is 2.76. The van der Waals surface area contributed by atoms with Crippen molar-refractivity contribution in [2.45, 2.75) is 50.7 Å². The third-order valence-corrected chi connectivity index (χ3v) is 6.81. The summed E-state index contributed by atoms with van der Waals surface area (Å²) in [5.41, 5.74) is -0.259. The highest BCUT2D eigenvalue weighted by Gasteiger charge is 2.37. The number of imide groups is 1. The van der Waals surface area contributed by atoms with Crippen molar-refractivity contribution in [2.75, 3.05) is 36.4 Å². The van der Waals surface area contributed by atoms with Crippen LogP contribution in [0.2, 0.25) is 0 Å². The van der Waals surface area contributed by atoms with Crippen molar-refractivity contribution >= 4 is 35.6 Å². The maximum Gasteiger partial charge on any atom is 0.418 e. The number of benzene rings is 1. The van der Waals surface area contributed by atoms with E-state index in [2.05, 4.69) is 16.0 Å². The Hall–Kier alpha value is -2.00. The van der Waals surface area contributed by atoms with E-state index in [1.165, 1.54) is 6.07 Å². The molecule has 3 fully saturated rings. The molecule has 1 aromatic carbocycles. The first-order valence-corrected chi connectivity index (χ1v) is 11.1. The van der Waals surface area contributed by atoms with Crippen molar-refractivity contribution in [3.05, 3.63) is 23.8 Å². The molecule has 0 aliphatic carbocycles. The molecule has 1 atom stereocenters. The van der Waals surface area contributed by atoms with Gasteiger partial charge in [0.15, 0.2) is 0 Å². The number of halogens is 4. The van der Waals surface area contributed by atoms with Crippen LogP contribution >= 0.6 is 12.4 Å². The molecule has 6 nitrogen and oxygen atoms in total. The summed E-state index contributed by atoms with van der Waals surface area (Å²) in [7, 11) is 0. The Balaban J connectivity index is 0.00000289. The predicted octanol–water partition coefficient (Wildman–Crippen LogP) is 3.56. The van der Waals surface area contributed by atoms with Gasteiger partial charge in [-0.15, -0.1) is 12.4 Å². The van der Waals surface area contributed by atoms with E-state index in [1.54, 1.807) is 6.07 Å². The van der Waals surface area contributed by atoms with Gasteiger partial charge in [0, 0.05) is 30.9 Å². The van der Waals surface area contributed by atoms with Gasteiger partial charge in [-0.05, 0) is 75.2 Å². The predicted molar refractivity (Wildman–Crippen MR) is 119 cm³/mol. The topological polar surface area (TPSA) is 73.5 Å². The Morgan fingerprint density at radius 2 is 1.62 bits per heavy atom. The van der Waals surface area contributed by atoms with Crippen LogP contribution in [0, 0.1) is 11.8 Å². The number of anilines is 2. The Morgan fingerprint density at radius 3 is 2.25 bits per heavy atom. The summed E-state index contributed by atoms with van der Waals surface area (Å²) in [5, 5.41) is 8.44. The normalized spacial score (nSPS) is 23.5.